The van der Waals surface area contributed by atoms with Crippen molar-refractivity contribution in [2.24, 2.45) is 0 Å². The van der Waals surface area contributed by atoms with Crippen LogP contribution in [0.15, 0.2) is 65.1 Å². The lowest BCUT2D eigenvalue weighted by atomic mass is 10.1. The number of aromatic hydroxyl groups is 1. The second kappa shape index (κ2) is 9.70. The number of rotatable bonds is 6. The summed E-state index contributed by atoms with van der Waals surface area (Å²) in [6.45, 7) is 4.56. The first kappa shape index (κ1) is 22.3. The molecule has 0 radical (unpaired) electrons. The van der Waals surface area contributed by atoms with E-state index < -0.39 is 0 Å². The van der Waals surface area contributed by atoms with Crippen LogP contribution in [0, 0.1) is 6.92 Å². The summed E-state index contributed by atoms with van der Waals surface area (Å²) in [7, 11) is 0. The molecule has 8 heteroatoms. The monoisotopic (exact) mass is 461 g/mol. The summed E-state index contributed by atoms with van der Waals surface area (Å²) in [5, 5.41) is 16.1. The van der Waals surface area contributed by atoms with E-state index >= 15 is 0 Å². The fourth-order valence-electron chi connectivity index (χ4n) is 3.22. The van der Waals surface area contributed by atoms with Crippen LogP contribution in [0.3, 0.4) is 0 Å². The van der Waals surface area contributed by atoms with E-state index in [2.05, 4.69) is 15.6 Å². The van der Waals surface area contributed by atoms with Crippen LogP contribution in [0.1, 0.15) is 29.3 Å². The van der Waals surface area contributed by atoms with Gasteiger partial charge >= 0.3 is 0 Å². The Balaban J connectivity index is 1.48. The topological polar surface area (TPSA) is 96.6 Å². The van der Waals surface area contributed by atoms with Crippen molar-refractivity contribution in [3.05, 3.63) is 71.8 Å². The second-order valence-electron chi connectivity index (χ2n) is 7.51. The predicted octanol–water partition coefficient (Wildman–Crippen LogP) is 5.42. The molecule has 0 spiro atoms. The average Bonchev–Trinajstić information content (AvgIpc) is 3.22. The van der Waals surface area contributed by atoms with Crippen molar-refractivity contribution in [3.8, 4) is 23.0 Å². The number of hydrogen-bond donors (Lipinski definition) is 3. The normalized spacial score (nSPS) is 10.7. The van der Waals surface area contributed by atoms with Crippen LogP contribution >= 0.6 is 12.2 Å². The minimum absolute atomic E-state index is 0.0164. The maximum Gasteiger partial charge on any atom is 0.257 e. The van der Waals surface area contributed by atoms with Crippen molar-refractivity contribution in [1.29, 1.82) is 0 Å². The molecule has 1 heterocycles. The number of fused-ring (bicyclic) bond motifs is 1. The lowest BCUT2D eigenvalue weighted by Gasteiger charge is -2.11. The number of aromatic nitrogens is 1. The van der Waals surface area contributed by atoms with Gasteiger partial charge in [-0.25, -0.2) is 4.98 Å². The number of carbonyl (C=O) groups excluding carboxylic acids is 1. The molecule has 0 saturated carbocycles. The van der Waals surface area contributed by atoms with Crippen LogP contribution < -0.4 is 15.4 Å². The standard InChI is InChI=1S/C25H23N3O4S/c1-3-11-31-18-6-4-5-16(13-18)23(30)28-25(33)26-17-8-10-21(29)19(14-17)24-27-20-9-7-15(2)12-22(20)32-24/h4-10,12-14,29H,3,11H2,1-2H3,(H2,26,28,30,33). The lowest BCUT2D eigenvalue weighted by molar-refractivity contribution is 0.0977. The zero-order chi connectivity index (χ0) is 23.4. The summed E-state index contributed by atoms with van der Waals surface area (Å²) in [5.41, 5.74) is 3.78. The Bertz CT molecular complexity index is 1330. The number of ether oxygens (including phenoxy) is 1. The van der Waals surface area contributed by atoms with Crippen molar-refractivity contribution < 1.29 is 19.1 Å². The first-order chi connectivity index (χ1) is 15.9. The minimum Gasteiger partial charge on any atom is -0.507 e. The van der Waals surface area contributed by atoms with Crippen LogP contribution in [0.25, 0.3) is 22.6 Å². The highest BCUT2D eigenvalue weighted by Gasteiger charge is 2.15. The van der Waals surface area contributed by atoms with Crippen molar-refractivity contribution >= 4 is 40.0 Å². The molecule has 4 aromatic rings. The number of phenolic OH excluding ortho intramolecular Hbond substituents is 1. The summed E-state index contributed by atoms with van der Waals surface area (Å²) in [4.78, 5) is 17.0. The van der Waals surface area contributed by atoms with Gasteiger partial charge in [0.1, 0.15) is 17.0 Å². The van der Waals surface area contributed by atoms with E-state index in [1.54, 1.807) is 36.4 Å². The molecule has 0 bridgehead atoms. The van der Waals surface area contributed by atoms with Crippen LogP contribution in [-0.2, 0) is 0 Å². The Hall–Kier alpha value is -3.91. The fraction of sp³-hybridized carbons (Fsp3) is 0.160. The van der Waals surface area contributed by atoms with Crippen LogP contribution in [0.5, 0.6) is 11.5 Å². The summed E-state index contributed by atoms with van der Waals surface area (Å²) in [6, 6.07) is 17.4. The van der Waals surface area contributed by atoms with Crippen molar-refractivity contribution in [2.75, 3.05) is 11.9 Å². The molecule has 0 saturated heterocycles. The van der Waals surface area contributed by atoms with Crippen LogP contribution in [-0.4, -0.2) is 27.7 Å². The third-order valence-corrected chi connectivity index (χ3v) is 5.03. The Morgan fingerprint density at radius 1 is 1.15 bits per heavy atom. The Morgan fingerprint density at radius 3 is 2.82 bits per heavy atom. The average molecular weight is 462 g/mol. The first-order valence-corrected chi connectivity index (χ1v) is 10.9. The minimum atomic E-state index is -0.359. The third-order valence-electron chi connectivity index (χ3n) is 4.82. The van der Waals surface area contributed by atoms with Gasteiger partial charge in [-0.3, -0.25) is 10.1 Å². The summed E-state index contributed by atoms with van der Waals surface area (Å²) in [6.07, 6.45) is 0.877. The first-order valence-electron chi connectivity index (χ1n) is 10.5. The Kier molecular flexibility index (Phi) is 6.55. The van der Waals surface area contributed by atoms with E-state index in [4.69, 9.17) is 21.4 Å². The van der Waals surface area contributed by atoms with Gasteiger partial charge in [-0.1, -0.05) is 19.1 Å². The van der Waals surface area contributed by atoms with Gasteiger partial charge in [-0.2, -0.15) is 0 Å². The number of thiocarbonyl (C=S) groups is 1. The number of anilines is 1. The maximum absolute atomic E-state index is 12.6. The molecule has 1 aromatic heterocycles. The molecular formula is C25H23N3O4S. The number of benzene rings is 3. The van der Waals surface area contributed by atoms with E-state index in [1.165, 1.54) is 6.07 Å². The van der Waals surface area contributed by atoms with Crippen LogP contribution in [0.4, 0.5) is 5.69 Å². The van der Waals surface area contributed by atoms with Crippen molar-refractivity contribution in [1.82, 2.24) is 10.3 Å². The smallest absolute Gasteiger partial charge is 0.257 e. The van der Waals surface area contributed by atoms with Crippen molar-refractivity contribution in [2.45, 2.75) is 20.3 Å². The predicted molar refractivity (Wildman–Crippen MR) is 132 cm³/mol. The molecule has 3 N–H and O–H groups in total. The molecule has 0 fully saturated rings. The number of carbonyl (C=O) groups is 1. The number of oxazole rings is 1. The van der Waals surface area contributed by atoms with Gasteiger partial charge in [0.2, 0.25) is 5.89 Å². The molecule has 0 unspecified atom stereocenters. The van der Waals surface area contributed by atoms with Crippen LogP contribution in [0.2, 0.25) is 0 Å². The highest BCUT2D eigenvalue weighted by Crippen LogP contribution is 2.33. The number of nitrogens with zero attached hydrogens (tertiary/aromatic N) is 1. The highest BCUT2D eigenvalue weighted by molar-refractivity contribution is 7.80. The largest absolute Gasteiger partial charge is 0.507 e. The van der Waals surface area contributed by atoms with Crippen molar-refractivity contribution in [3.63, 3.8) is 0 Å². The van der Waals surface area contributed by atoms with Gasteiger partial charge in [0.05, 0.1) is 12.2 Å². The Morgan fingerprint density at radius 2 is 2.00 bits per heavy atom. The number of aryl methyl sites for hydroxylation is 1. The quantitative estimate of drug-likeness (QED) is 0.260. The van der Waals surface area contributed by atoms with Gasteiger partial charge in [0.15, 0.2) is 10.7 Å². The molecular weight excluding hydrogens is 438 g/mol. The number of hydrogen-bond acceptors (Lipinski definition) is 6. The van der Waals surface area contributed by atoms with Gasteiger partial charge in [0.25, 0.3) is 5.91 Å². The molecule has 4 rings (SSSR count). The van der Waals surface area contributed by atoms with Gasteiger partial charge < -0.3 is 19.6 Å². The number of amides is 1. The van der Waals surface area contributed by atoms with E-state index in [-0.39, 0.29) is 22.7 Å². The summed E-state index contributed by atoms with van der Waals surface area (Å²) in [5.74, 6) is 0.570. The highest BCUT2D eigenvalue weighted by atomic mass is 32.1. The molecule has 0 aliphatic rings. The second-order valence-corrected chi connectivity index (χ2v) is 7.91. The fourth-order valence-corrected chi connectivity index (χ4v) is 3.43. The summed E-state index contributed by atoms with van der Waals surface area (Å²) >= 11 is 5.30. The Labute approximate surface area is 196 Å². The zero-order valence-corrected chi connectivity index (χ0v) is 19.0. The molecule has 3 aromatic carbocycles. The number of nitrogens with one attached hydrogen (secondary N) is 2. The molecule has 168 valence electrons. The van der Waals surface area contributed by atoms with E-state index in [1.807, 2.05) is 32.0 Å². The lowest BCUT2D eigenvalue weighted by Crippen LogP contribution is -2.34. The van der Waals surface area contributed by atoms with E-state index in [0.29, 0.717) is 40.3 Å². The molecule has 7 nitrogen and oxygen atoms in total. The summed E-state index contributed by atoms with van der Waals surface area (Å²) < 4.78 is 11.4. The number of phenols is 1. The van der Waals surface area contributed by atoms with E-state index in [0.717, 1.165) is 12.0 Å². The molecule has 33 heavy (non-hydrogen) atoms. The third kappa shape index (κ3) is 5.30. The maximum atomic E-state index is 12.6. The molecule has 0 atom stereocenters. The molecule has 0 aliphatic carbocycles. The van der Waals surface area contributed by atoms with Gasteiger partial charge in [0, 0.05) is 11.3 Å². The van der Waals surface area contributed by atoms with Gasteiger partial charge in [-0.05, 0) is 79.7 Å². The van der Waals surface area contributed by atoms with E-state index in [9.17, 15) is 9.90 Å². The zero-order valence-electron chi connectivity index (χ0n) is 18.2. The molecule has 1 amide bonds. The van der Waals surface area contributed by atoms with Gasteiger partial charge in [-0.15, -0.1) is 0 Å². The molecule has 0 aliphatic heterocycles. The SMILES string of the molecule is CCCOc1cccc(C(=O)NC(=S)Nc2ccc(O)c(-c3nc4ccc(C)cc4o3)c2)c1.